The van der Waals surface area contributed by atoms with Crippen molar-refractivity contribution in [2.75, 3.05) is 10.6 Å². The number of aromatic hydroxyl groups is 1. The number of hydrogen-bond donors (Lipinski definition) is 3. The van der Waals surface area contributed by atoms with E-state index in [1.165, 1.54) is 25.1 Å². The highest BCUT2D eigenvalue weighted by Gasteiger charge is 2.32. The normalized spacial score (nSPS) is 12.8. The molecule has 0 aliphatic heterocycles. The molecule has 24 heavy (non-hydrogen) atoms. The highest BCUT2D eigenvalue weighted by atomic mass is 19.4. The Morgan fingerprint density at radius 3 is 2.42 bits per heavy atom. The van der Waals surface area contributed by atoms with Gasteiger partial charge in [0.15, 0.2) is 6.29 Å². The third kappa shape index (κ3) is 3.55. The zero-order valence-electron chi connectivity index (χ0n) is 12.4. The summed E-state index contributed by atoms with van der Waals surface area (Å²) in [4.78, 5) is 34.0. The Bertz CT molecular complexity index is 838. The molecular weight excluding hydrogens is 329 g/mol. The first-order valence-corrected chi connectivity index (χ1v) is 6.85. The number of phenols is 1. The van der Waals surface area contributed by atoms with Crippen LogP contribution in [0.1, 0.15) is 23.7 Å². The fourth-order valence-corrected chi connectivity index (χ4v) is 2.19. The molecule has 128 valence electrons. The van der Waals surface area contributed by atoms with Gasteiger partial charge in [0.25, 0.3) is 10.9 Å². The number of alkyl halides is 3. The van der Waals surface area contributed by atoms with Gasteiger partial charge in [0.1, 0.15) is 17.1 Å². The number of halogens is 3. The first-order chi connectivity index (χ1) is 11.1. The largest absolute Gasteiger partial charge is 0.505 e. The molecule has 1 atom stereocenters. The summed E-state index contributed by atoms with van der Waals surface area (Å²) in [6.07, 6.45) is -5.21. The molecule has 0 aromatic heterocycles. The van der Waals surface area contributed by atoms with Crippen LogP contribution in [-0.2, 0) is 0 Å². The predicted molar refractivity (Wildman–Crippen MR) is 81.9 cm³/mol. The molecule has 0 radical (unpaired) electrons. The van der Waals surface area contributed by atoms with Crippen molar-refractivity contribution in [1.29, 1.82) is 0 Å². The van der Waals surface area contributed by atoms with Gasteiger partial charge in [-0.2, -0.15) is 13.2 Å². The number of nitrogens with one attached hydrogen (secondary N) is 2. The minimum atomic E-state index is -4.42. The number of anilines is 3. The number of hydrogen-bond acceptors (Lipinski definition) is 6. The minimum Gasteiger partial charge on any atom is -0.505 e. The lowest BCUT2D eigenvalue weighted by Crippen LogP contribution is -2.39. The molecule has 2 rings (SSSR count). The van der Waals surface area contributed by atoms with Crippen LogP contribution in [0.3, 0.4) is 0 Å². The first kappa shape index (κ1) is 17.5. The molecule has 6 nitrogen and oxygen atoms in total. The summed E-state index contributed by atoms with van der Waals surface area (Å²) >= 11 is 0. The van der Waals surface area contributed by atoms with Gasteiger partial charge in [0.2, 0.25) is 0 Å². The number of aldehydes is 1. The van der Waals surface area contributed by atoms with Gasteiger partial charge in [-0.25, -0.2) is 0 Å². The van der Waals surface area contributed by atoms with E-state index in [0.29, 0.717) is 6.29 Å². The zero-order valence-corrected chi connectivity index (χ0v) is 12.4. The molecule has 2 aromatic carbocycles. The molecule has 0 aliphatic rings. The third-order valence-electron chi connectivity index (χ3n) is 3.29. The molecular formula is C15H13F3N2O4. The van der Waals surface area contributed by atoms with E-state index in [-0.39, 0.29) is 22.6 Å². The summed E-state index contributed by atoms with van der Waals surface area (Å²) in [5.74, 6) is -0.435. The quantitative estimate of drug-likeness (QED) is 0.424. The molecule has 0 bridgehead atoms. The molecule has 0 saturated carbocycles. The lowest BCUT2D eigenvalue weighted by molar-refractivity contribution is -0.136. The van der Waals surface area contributed by atoms with Crippen molar-refractivity contribution in [2.45, 2.75) is 25.6 Å². The highest BCUT2D eigenvalue weighted by molar-refractivity contribution is 5.87. The first-order valence-electron chi connectivity index (χ1n) is 6.85. The molecule has 0 spiro atoms. The van der Waals surface area contributed by atoms with Crippen molar-refractivity contribution in [1.82, 2.24) is 0 Å². The molecule has 3 N–H and O–H groups in total. The van der Waals surface area contributed by atoms with Gasteiger partial charge in [-0.15, -0.1) is 0 Å². The van der Waals surface area contributed by atoms with Gasteiger partial charge >= 0.3 is 6.18 Å². The number of para-hydroxylation sites is 1. The number of rotatable bonds is 6. The van der Waals surface area contributed by atoms with Gasteiger partial charge in [-0.05, 0) is 19.1 Å². The Balaban J connectivity index is 2.25. The number of benzene rings is 1. The summed E-state index contributed by atoms with van der Waals surface area (Å²) in [7, 11) is 0. The molecule has 0 saturated heterocycles. The lowest BCUT2D eigenvalue weighted by Gasteiger charge is -2.20. The van der Waals surface area contributed by atoms with Crippen molar-refractivity contribution in [3.63, 3.8) is 0 Å². The average molecular weight is 342 g/mol. The molecule has 0 aliphatic carbocycles. The molecule has 2 aromatic rings. The molecule has 0 fully saturated rings. The Hall–Kier alpha value is -2.84. The second-order valence-electron chi connectivity index (χ2n) is 5.26. The van der Waals surface area contributed by atoms with E-state index >= 15 is 0 Å². The smallest absolute Gasteiger partial charge is 0.391 e. The van der Waals surface area contributed by atoms with Crippen LogP contribution in [0.25, 0.3) is 0 Å². The Labute approximate surface area is 133 Å². The Morgan fingerprint density at radius 2 is 1.83 bits per heavy atom. The Morgan fingerprint density at radius 1 is 1.21 bits per heavy atom. The zero-order chi connectivity index (χ0) is 18.1. The van der Waals surface area contributed by atoms with E-state index in [9.17, 15) is 32.7 Å². The summed E-state index contributed by atoms with van der Waals surface area (Å²) in [6, 6.07) is 2.99. The third-order valence-corrected chi connectivity index (χ3v) is 3.29. The van der Waals surface area contributed by atoms with Crippen molar-refractivity contribution in [3.05, 3.63) is 44.2 Å². The van der Waals surface area contributed by atoms with E-state index in [1.807, 2.05) is 0 Å². The standard InChI is InChI=1S/C15H13F3N2O4/c1-7(5-15(16,17)18)19-10-11(14(24)13(10)23)20-9-4-2-3-8(6-21)12(9)22/h2-4,6-7,19-20,22H,5H2,1H3. The summed E-state index contributed by atoms with van der Waals surface area (Å²) in [5, 5.41) is 14.7. The van der Waals surface area contributed by atoms with E-state index in [1.54, 1.807) is 0 Å². The minimum absolute atomic E-state index is 0.0155. The SMILES string of the molecule is CC(CC(F)(F)F)Nc1c(Nc2cccc(C=O)c2O)c(=O)c1=O. The maximum absolute atomic E-state index is 12.3. The van der Waals surface area contributed by atoms with Crippen LogP contribution in [0.4, 0.5) is 30.2 Å². The second-order valence-corrected chi connectivity index (χ2v) is 5.26. The maximum Gasteiger partial charge on any atom is 0.391 e. The number of phenolic OH excluding ortho intramolecular Hbond substituents is 1. The molecule has 0 heterocycles. The number of carbonyl (C=O) groups is 1. The van der Waals surface area contributed by atoms with Gasteiger partial charge in [-0.3, -0.25) is 14.4 Å². The van der Waals surface area contributed by atoms with E-state index < -0.39 is 35.2 Å². The van der Waals surface area contributed by atoms with E-state index in [2.05, 4.69) is 10.6 Å². The predicted octanol–water partition coefficient (Wildman–Crippen LogP) is 2.30. The Kier molecular flexibility index (Phi) is 4.63. The molecule has 9 heteroatoms. The van der Waals surface area contributed by atoms with Crippen molar-refractivity contribution >= 4 is 23.3 Å². The topological polar surface area (TPSA) is 95.5 Å². The molecule has 1 unspecified atom stereocenters. The summed E-state index contributed by atoms with van der Waals surface area (Å²) in [5.41, 5.74) is -2.47. The van der Waals surface area contributed by atoms with Gasteiger partial charge in [-0.1, -0.05) is 6.07 Å². The van der Waals surface area contributed by atoms with Gasteiger partial charge in [0, 0.05) is 6.04 Å². The van der Waals surface area contributed by atoms with Crippen molar-refractivity contribution < 1.29 is 23.1 Å². The molecule has 0 amide bonds. The van der Waals surface area contributed by atoms with Crippen molar-refractivity contribution in [2.24, 2.45) is 0 Å². The van der Waals surface area contributed by atoms with Crippen LogP contribution in [0.2, 0.25) is 0 Å². The second kappa shape index (κ2) is 6.34. The van der Waals surface area contributed by atoms with Crippen LogP contribution in [0.15, 0.2) is 27.8 Å². The fourth-order valence-electron chi connectivity index (χ4n) is 2.19. The summed E-state index contributed by atoms with van der Waals surface area (Å²) in [6.45, 7) is 1.22. The maximum atomic E-state index is 12.3. The van der Waals surface area contributed by atoms with Crippen LogP contribution in [0, 0.1) is 0 Å². The van der Waals surface area contributed by atoms with Crippen LogP contribution < -0.4 is 21.5 Å². The van der Waals surface area contributed by atoms with Gasteiger partial charge < -0.3 is 15.7 Å². The van der Waals surface area contributed by atoms with E-state index in [4.69, 9.17) is 0 Å². The van der Waals surface area contributed by atoms with Gasteiger partial charge in [0.05, 0.1) is 17.7 Å². The lowest BCUT2D eigenvalue weighted by atomic mass is 10.1. The van der Waals surface area contributed by atoms with Crippen LogP contribution in [0.5, 0.6) is 5.75 Å². The van der Waals surface area contributed by atoms with Crippen LogP contribution >= 0.6 is 0 Å². The fraction of sp³-hybridized carbons (Fsp3) is 0.267. The van der Waals surface area contributed by atoms with Crippen molar-refractivity contribution in [3.8, 4) is 5.75 Å². The summed E-state index contributed by atoms with van der Waals surface area (Å²) < 4.78 is 37.0. The highest BCUT2D eigenvalue weighted by Crippen LogP contribution is 2.31. The average Bonchev–Trinajstić information content (AvgIpc) is 2.50. The monoisotopic (exact) mass is 342 g/mol. The number of carbonyl (C=O) groups excluding carboxylic acids is 1. The van der Waals surface area contributed by atoms with Crippen LogP contribution in [-0.4, -0.2) is 23.6 Å². The van der Waals surface area contributed by atoms with E-state index in [0.717, 1.165) is 0 Å².